The monoisotopic (exact) mass is 483 g/mol. The highest BCUT2D eigenvalue weighted by atomic mass is 35.5. The highest BCUT2D eigenvalue weighted by Crippen LogP contribution is 2.28. The first-order valence-corrected chi connectivity index (χ1v) is 11.7. The maximum Gasteiger partial charge on any atom is 0.240 e. The zero-order chi connectivity index (χ0) is 22.7. The van der Waals surface area contributed by atoms with Gasteiger partial charge in [-0.3, -0.25) is 9.29 Å². The van der Waals surface area contributed by atoms with Gasteiger partial charge >= 0.3 is 0 Å². The Kier molecular flexibility index (Phi) is 6.69. The average Bonchev–Trinajstić information content (AvgIpc) is 3.53. The van der Waals surface area contributed by atoms with E-state index in [-0.39, 0.29) is 24.2 Å². The lowest BCUT2D eigenvalue weighted by molar-refractivity contribution is 0.0950. The molecule has 12 nitrogen and oxygen atoms in total. The van der Waals surface area contributed by atoms with Crippen LogP contribution in [0.1, 0.15) is 42.7 Å². The van der Waals surface area contributed by atoms with Gasteiger partial charge in [0, 0.05) is 38.1 Å². The molecule has 4 heterocycles. The molecule has 0 aliphatic carbocycles. The van der Waals surface area contributed by atoms with Crippen LogP contribution in [0, 0.1) is 0 Å². The van der Waals surface area contributed by atoms with Crippen molar-refractivity contribution in [1.29, 1.82) is 0 Å². The van der Waals surface area contributed by atoms with Crippen LogP contribution in [0.4, 0.5) is 5.95 Å². The summed E-state index contributed by atoms with van der Waals surface area (Å²) in [5.74, 6) is 0.871. The van der Waals surface area contributed by atoms with Crippen LogP contribution < -0.4 is 4.72 Å². The first-order valence-electron chi connectivity index (χ1n) is 9.81. The van der Waals surface area contributed by atoms with Crippen LogP contribution in [0.3, 0.4) is 0 Å². The fraction of sp³-hybridized carbons (Fsp3) is 0.500. The summed E-state index contributed by atoms with van der Waals surface area (Å²) in [5.41, 5.74) is 0.600. The van der Waals surface area contributed by atoms with Crippen LogP contribution in [0.2, 0.25) is 5.02 Å². The number of sulfonamides is 1. The molecule has 1 aliphatic heterocycles. The maximum atomic E-state index is 13.2. The number of anilines is 1. The van der Waals surface area contributed by atoms with Gasteiger partial charge in [0.15, 0.2) is 5.82 Å². The van der Waals surface area contributed by atoms with Gasteiger partial charge < -0.3 is 14.0 Å². The summed E-state index contributed by atoms with van der Waals surface area (Å²) in [6.45, 7) is 2.82. The minimum Gasteiger partial charge on any atom is -0.381 e. The van der Waals surface area contributed by atoms with Crippen molar-refractivity contribution in [2.45, 2.75) is 37.2 Å². The van der Waals surface area contributed by atoms with Gasteiger partial charge in [-0.25, -0.2) is 18.4 Å². The fourth-order valence-corrected chi connectivity index (χ4v) is 4.67. The maximum absolute atomic E-state index is 13.2. The molecule has 0 bridgehead atoms. The van der Waals surface area contributed by atoms with E-state index in [1.54, 1.807) is 10.6 Å². The molecule has 1 N–H and O–H groups in total. The normalized spacial score (nSPS) is 18.5. The molecule has 0 aromatic carbocycles. The number of nitrogens with zero attached hydrogens (tertiary/aromatic N) is 6. The molecular formula is C18H22ClN7O5S. The zero-order valence-electron chi connectivity index (χ0n) is 17.4. The number of hydrogen-bond acceptors (Lipinski definition) is 10. The van der Waals surface area contributed by atoms with Gasteiger partial charge in [0.05, 0.1) is 18.2 Å². The molecule has 3 aromatic rings. The van der Waals surface area contributed by atoms with E-state index >= 15 is 0 Å². The third-order valence-electron chi connectivity index (χ3n) is 5.18. The molecule has 32 heavy (non-hydrogen) atoms. The van der Waals surface area contributed by atoms with Crippen LogP contribution in [0.5, 0.6) is 0 Å². The van der Waals surface area contributed by atoms with E-state index in [2.05, 4.69) is 30.0 Å². The molecule has 0 radical (unpaired) electrons. The molecule has 4 rings (SSSR count). The molecule has 0 spiro atoms. The molecule has 1 aliphatic rings. The van der Waals surface area contributed by atoms with E-state index in [1.807, 2.05) is 0 Å². The summed E-state index contributed by atoms with van der Waals surface area (Å²) in [7, 11) is -2.59. The Morgan fingerprint density at radius 3 is 2.75 bits per heavy atom. The minimum absolute atomic E-state index is 0.000676. The standard InChI is InChI=1S/C18H22ClN7O5S/c1-11(15(29-2)16-20-7-13(19)8-21-16)32(27,28)25-18-23-22-17(12-3-5-30-10-12)26(18)9-14-4-6-31-24-14/h4,6-8,11-12,15H,3,5,9-10H2,1-2H3,(H,23,25)/t11-,12+,15-/m0/s1. The van der Waals surface area contributed by atoms with E-state index in [1.165, 1.54) is 32.7 Å². The Morgan fingerprint density at radius 1 is 1.34 bits per heavy atom. The average molecular weight is 484 g/mol. The number of rotatable bonds is 9. The molecule has 172 valence electrons. The van der Waals surface area contributed by atoms with Crippen molar-refractivity contribution in [3.05, 3.63) is 47.1 Å². The lowest BCUT2D eigenvalue weighted by Gasteiger charge is -2.22. The summed E-state index contributed by atoms with van der Waals surface area (Å²) >= 11 is 5.83. The minimum atomic E-state index is -3.98. The van der Waals surface area contributed by atoms with Crippen LogP contribution >= 0.6 is 11.6 Å². The first kappa shape index (κ1) is 22.6. The lowest BCUT2D eigenvalue weighted by Crippen LogP contribution is -2.33. The summed E-state index contributed by atoms with van der Waals surface area (Å²) in [4.78, 5) is 8.18. The summed E-state index contributed by atoms with van der Waals surface area (Å²) in [5, 5.41) is 11.5. The van der Waals surface area contributed by atoms with E-state index in [9.17, 15) is 8.42 Å². The molecule has 1 saturated heterocycles. The van der Waals surface area contributed by atoms with Crippen LogP contribution in [-0.4, -0.2) is 63.9 Å². The van der Waals surface area contributed by atoms with Gasteiger partial charge in [-0.15, -0.1) is 10.2 Å². The number of nitrogens with one attached hydrogen (secondary N) is 1. The van der Waals surface area contributed by atoms with E-state index in [0.29, 0.717) is 29.8 Å². The van der Waals surface area contributed by atoms with Crippen molar-refractivity contribution in [2.24, 2.45) is 0 Å². The topological polar surface area (TPSA) is 147 Å². The SMILES string of the molecule is CO[C@H](c1ncc(Cl)cn1)[C@H](C)S(=O)(=O)Nc1nnc([C@@H]2CCOC2)n1Cc1ccon1. The third-order valence-corrected chi connectivity index (χ3v) is 7.07. The van der Waals surface area contributed by atoms with Gasteiger partial charge in [-0.05, 0) is 13.3 Å². The van der Waals surface area contributed by atoms with E-state index in [4.69, 9.17) is 25.6 Å². The van der Waals surface area contributed by atoms with Crippen LogP contribution in [-0.2, 0) is 26.0 Å². The molecule has 14 heteroatoms. The second-order valence-corrected chi connectivity index (χ2v) is 9.76. The molecule has 0 unspecified atom stereocenters. The molecule has 3 atom stereocenters. The molecule has 0 amide bonds. The van der Waals surface area contributed by atoms with Crippen molar-refractivity contribution in [2.75, 3.05) is 25.0 Å². The number of hydrogen-bond donors (Lipinski definition) is 1. The largest absolute Gasteiger partial charge is 0.381 e. The summed E-state index contributed by atoms with van der Waals surface area (Å²) in [6.07, 6.45) is 4.04. The summed E-state index contributed by atoms with van der Waals surface area (Å²) in [6, 6.07) is 1.69. The van der Waals surface area contributed by atoms with Crippen molar-refractivity contribution in [3.63, 3.8) is 0 Å². The fourth-order valence-electron chi connectivity index (χ4n) is 3.43. The highest BCUT2D eigenvalue weighted by molar-refractivity contribution is 7.93. The zero-order valence-corrected chi connectivity index (χ0v) is 19.0. The Labute approximate surface area is 189 Å². The lowest BCUT2D eigenvalue weighted by atomic mass is 10.1. The quantitative estimate of drug-likeness (QED) is 0.477. The van der Waals surface area contributed by atoms with E-state index in [0.717, 1.165) is 6.42 Å². The first-order chi connectivity index (χ1) is 15.4. The Balaban J connectivity index is 1.62. The molecule has 1 fully saturated rings. The third kappa shape index (κ3) is 4.75. The van der Waals surface area contributed by atoms with Gasteiger partial charge in [0.1, 0.15) is 29.1 Å². The Hall–Kier alpha value is -2.61. The van der Waals surface area contributed by atoms with Gasteiger partial charge in [-0.1, -0.05) is 16.8 Å². The number of aromatic nitrogens is 6. The van der Waals surface area contributed by atoms with Crippen molar-refractivity contribution in [1.82, 2.24) is 29.9 Å². The molecule has 0 saturated carbocycles. The number of ether oxygens (including phenoxy) is 2. The Bertz CT molecular complexity index is 1130. The Morgan fingerprint density at radius 2 is 2.12 bits per heavy atom. The molecular weight excluding hydrogens is 462 g/mol. The van der Waals surface area contributed by atoms with Crippen molar-refractivity contribution >= 4 is 27.6 Å². The number of halogens is 1. The predicted octanol–water partition coefficient (Wildman–Crippen LogP) is 1.78. The molecule has 3 aromatic heterocycles. The second-order valence-electron chi connectivity index (χ2n) is 7.29. The van der Waals surface area contributed by atoms with E-state index < -0.39 is 21.4 Å². The summed E-state index contributed by atoms with van der Waals surface area (Å²) < 4.78 is 46.4. The predicted molar refractivity (Wildman–Crippen MR) is 113 cm³/mol. The highest BCUT2D eigenvalue weighted by Gasteiger charge is 2.35. The van der Waals surface area contributed by atoms with Crippen molar-refractivity contribution < 1.29 is 22.4 Å². The number of methoxy groups -OCH3 is 1. The van der Waals surface area contributed by atoms with Crippen LogP contribution in [0.15, 0.2) is 29.2 Å². The van der Waals surface area contributed by atoms with Gasteiger partial charge in [0.2, 0.25) is 16.0 Å². The van der Waals surface area contributed by atoms with Crippen LogP contribution in [0.25, 0.3) is 0 Å². The van der Waals surface area contributed by atoms with Gasteiger partial charge in [-0.2, -0.15) is 0 Å². The van der Waals surface area contributed by atoms with Crippen molar-refractivity contribution in [3.8, 4) is 0 Å². The smallest absolute Gasteiger partial charge is 0.240 e. The second kappa shape index (κ2) is 9.48. The van der Waals surface area contributed by atoms with Gasteiger partial charge in [0.25, 0.3) is 0 Å².